The van der Waals surface area contributed by atoms with Crippen molar-refractivity contribution in [3.8, 4) is 0 Å². The zero-order valence-electron chi connectivity index (χ0n) is 13.2. The van der Waals surface area contributed by atoms with Crippen molar-refractivity contribution in [1.29, 1.82) is 0 Å². The van der Waals surface area contributed by atoms with E-state index in [2.05, 4.69) is 4.90 Å². The Morgan fingerprint density at radius 1 is 1.20 bits per heavy atom. The van der Waals surface area contributed by atoms with Gasteiger partial charge in [0.05, 0.1) is 0 Å². The lowest BCUT2D eigenvalue weighted by Crippen LogP contribution is -2.50. The third kappa shape index (κ3) is 4.94. The van der Waals surface area contributed by atoms with Gasteiger partial charge in [0.1, 0.15) is 5.60 Å². The molecule has 0 aromatic carbocycles. The molecule has 1 saturated heterocycles. The highest BCUT2D eigenvalue weighted by molar-refractivity contribution is 5.68. The maximum atomic E-state index is 11.9. The second-order valence-electron chi connectivity index (χ2n) is 7.27. The number of ether oxygens (including phenoxy) is 1. The summed E-state index contributed by atoms with van der Waals surface area (Å²) in [7, 11) is 0. The Balaban J connectivity index is 1.63. The second-order valence-corrected chi connectivity index (χ2v) is 7.27. The minimum absolute atomic E-state index is 0.165. The van der Waals surface area contributed by atoms with Crippen molar-refractivity contribution in [2.45, 2.75) is 57.6 Å². The van der Waals surface area contributed by atoms with Gasteiger partial charge in [0, 0.05) is 31.7 Å². The van der Waals surface area contributed by atoms with Crippen LogP contribution in [-0.2, 0) is 4.74 Å². The van der Waals surface area contributed by atoms with Gasteiger partial charge < -0.3 is 15.4 Å². The molecule has 0 aromatic heterocycles. The van der Waals surface area contributed by atoms with Gasteiger partial charge in [-0.3, -0.25) is 4.90 Å². The summed E-state index contributed by atoms with van der Waals surface area (Å²) in [5.41, 5.74) is 5.85. The molecule has 0 spiro atoms. The zero-order valence-corrected chi connectivity index (χ0v) is 13.2. The number of hydrogen-bond acceptors (Lipinski definition) is 4. The summed E-state index contributed by atoms with van der Waals surface area (Å²) < 4.78 is 5.40. The van der Waals surface area contributed by atoms with E-state index in [0.717, 1.165) is 39.1 Å². The van der Waals surface area contributed by atoms with Gasteiger partial charge in [0.2, 0.25) is 0 Å². The molecule has 1 saturated carbocycles. The van der Waals surface area contributed by atoms with E-state index in [0.29, 0.717) is 0 Å². The van der Waals surface area contributed by atoms with Gasteiger partial charge >= 0.3 is 6.09 Å². The molecular formula is C15H29N3O2. The molecule has 0 radical (unpaired) electrons. The molecule has 20 heavy (non-hydrogen) atoms. The SMILES string of the molecule is CC(C)(C)OC(=O)N1CCN(CCCC2(N)CC2)CC1. The van der Waals surface area contributed by atoms with Crippen molar-refractivity contribution < 1.29 is 9.53 Å². The number of nitrogens with two attached hydrogens (primary N) is 1. The van der Waals surface area contributed by atoms with Crippen LogP contribution in [0, 0.1) is 0 Å². The Kier molecular flexibility index (Phi) is 4.59. The van der Waals surface area contributed by atoms with Crippen LogP contribution in [-0.4, -0.2) is 59.8 Å². The summed E-state index contributed by atoms with van der Waals surface area (Å²) >= 11 is 0. The first-order valence-electron chi connectivity index (χ1n) is 7.77. The topological polar surface area (TPSA) is 58.8 Å². The number of rotatable bonds is 4. The molecule has 2 fully saturated rings. The third-order valence-electron chi connectivity index (χ3n) is 4.07. The van der Waals surface area contributed by atoms with Crippen molar-refractivity contribution in [2.24, 2.45) is 5.73 Å². The van der Waals surface area contributed by atoms with Crippen LogP contribution in [0.25, 0.3) is 0 Å². The second kappa shape index (κ2) is 5.90. The number of carbonyl (C=O) groups excluding carboxylic acids is 1. The fourth-order valence-corrected chi connectivity index (χ4v) is 2.55. The van der Waals surface area contributed by atoms with Crippen LogP contribution in [0.1, 0.15) is 46.5 Å². The molecule has 1 amide bonds. The quantitative estimate of drug-likeness (QED) is 0.855. The van der Waals surface area contributed by atoms with E-state index in [4.69, 9.17) is 10.5 Å². The van der Waals surface area contributed by atoms with Crippen LogP contribution in [0.5, 0.6) is 0 Å². The van der Waals surface area contributed by atoms with Crippen molar-refractivity contribution in [2.75, 3.05) is 32.7 Å². The van der Waals surface area contributed by atoms with Gasteiger partial charge in [-0.1, -0.05) is 0 Å². The van der Waals surface area contributed by atoms with Gasteiger partial charge in [0.15, 0.2) is 0 Å². The molecule has 1 aliphatic heterocycles. The molecule has 5 nitrogen and oxygen atoms in total. The fraction of sp³-hybridized carbons (Fsp3) is 0.933. The minimum atomic E-state index is -0.409. The zero-order chi connectivity index (χ0) is 14.8. The maximum absolute atomic E-state index is 11.9. The van der Waals surface area contributed by atoms with E-state index in [1.165, 1.54) is 19.3 Å². The Morgan fingerprint density at radius 3 is 2.30 bits per heavy atom. The molecule has 0 atom stereocenters. The average Bonchev–Trinajstić information content (AvgIpc) is 3.06. The molecule has 0 bridgehead atoms. The van der Waals surface area contributed by atoms with E-state index in [1.807, 2.05) is 25.7 Å². The number of amides is 1. The lowest BCUT2D eigenvalue weighted by atomic mass is 10.1. The number of carbonyl (C=O) groups is 1. The lowest BCUT2D eigenvalue weighted by molar-refractivity contribution is 0.0144. The molecule has 2 rings (SSSR count). The number of piperazine rings is 1. The highest BCUT2D eigenvalue weighted by Gasteiger charge is 2.37. The molecule has 5 heteroatoms. The maximum Gasteiger partial charge on any atom is 0.410 e. The van der Waals surface area contributed by atoms with E-state index in [9.17, 15) is 4.79 Å². The molecular weight excluding hydrogens is 254 g/mol. The average molecular weight is 283 g/mol. The molecule has 0 aromatic rings. The summed E-state index contributed by atoms with van der Waals surface area (Å²) in [6.45, 7) is 10.2. The van der Waals surface area contributed by atoms with Crippen molar-refractivity contribution in [3.05, 3.63) is 0 Å². The summed E-state index contributed by atoms with van der Waals surface area (Å²) in [6.07, 6.45) is 4.51. The van der Waals surface area contributed by atoms with Gasteiger partial charge in [-0.25, -0.2) is 4.79 Å². The van der Waals surface area contributed by atoms with Crippen LogP contribution in [0.4, 0.5) is 4.79 Å². The van der Waals surface area contributed by atoms with Crippen molar-refractivity contribution >= 4 is 6.09 Å². The van der Waals surface area contributed by atoms with Gasteiger partial charge in [0.25, 0.3) is 0 Å². The highest BCUT2D eigenvalue weighted by atomic mass is 16.6. The van der Waals surface area contributed by atoms with Crippen LogP contribution in [0.2, 0.25) is 0 Å². The Hall–Kier alpha value is -0.810. The van der Waals surface area contributed by atoms with Crippen LogP contribution in [0.15, 0.2) is 0 Å². The highest BCUT2D eigenvalue weighted by Crippen LogP contribution is 2.36. The van der Waals surface area contributed by atoms with Crippen LogP contribution < -0.4 is 5.73 Å². The number of nitrogens with zero attached hydrogens (tertiary/aromatic N) is 2. The lowest BCUT2D eigenvalue weighted by Gasteiger charge is -2.35. The van der Waals surface area contributed by atoms with Crippen molar-refractivity contribution in [3.63, 3.8) is 0 Å². The fourth-order valence-electron chi connectivity index (χ4n) is 2.55. The van der Waals surface area contributed by atoms with E-state index < -0.39 is 5.60 Å². The van der Waals surface area contributed by atoms with Crippen molar-refractivity contribution in [1.82, 2.24) is 9.80 Å². The van der Waals surface area contributed by atoms with Gasteiger partial charge in [-0.05, 0) is 53.0 Å². The Labute approximate surface area is 122 Å². The molecule has 1 aliphatic carbocycles. The predicted octanol–water partition coefficient (Wildman–Crippen LogP) is 1.81. The minimum Gasteiger partial charge on any atom is -0.444 e. The monoisotopic (exact) mass is 283 g/mol. The first kappa shape index (κ1) is 15.6. The standard InChI is InChI=1S/C15H29N3O2/c1-14(2,3)20-13(19)18-11-9-17(10-12-18)8-4-5-15(16)6-7-15/h4-12,16H2,1-3H3. The van der Waals surface area contributed by atoms with Crippen LogP contribution in [0.3, 0.4) is 0 Å². The first-order valence-corrected chi connectivity index (χ1v) is 7.77. The van der Waals surface area contributed by atoms with Gasteiger partial charge in [-0.2, -0.15) is 0 Å². The van der Waals surface area contributed by atoms with Gasteiger partial charge in [-0.15, -0.1) is 0 Å². The third-order valence-corrected chi connectivity index (χ3v) is 4.07. The molecule has 1 heterocycles. The Morgan fingerprint density at radius 2 is 1.80 bits per heavy atom. The summed E-state index contributed by atoms with van der Waals surface area (Å²) in [5, 5.41) is 0. The molecule has 2 aliphatic rings. The molecule has 0 unspecified atom stereocenters. The van der Waals surface area contributed by atoms with E-state index >= 15 is 0 Å². The summed E-state index contributed by atoms with van der Waals surface area (Å²) in [4.78, 5) is 16.2. The Bertz CT molecular complexity index is 340. The predicted molar refractivity (Wildman–Crippen MR) is 79.6 cm³/mol. The summed E-state index contributed by atoms with van der Waals surface area (Å²) in [5.74, 6) is 0. The largest absolute Gasteiger partial charge is 0.444 e. The normalized spacial score (nSPS) is 22.7. The van der Waals surface area contributed by atoms with E-state index in [1.54, 1.807) is 0 Å². The smallest absolute Gasteiger partial charge is 0.410 e. The molecule has 2 N–H and O–H groups in total. The molecule has 116 valence electrons. The first-order chi connectivity index (χ1) is 9.27. The van der Waals surface area contributed by atoms with Crippen LogP contribution >= 0.6 is 0 Å². The van der Waals surface area contributed by atoms with E-state index in [-0.39, 0.29) is 11.6 Å². The number of hydrogen-bond donors (Lipinski definition) is 1. The summed E-state index contributed by atoms with van der Waals surface area (Å²) in [6, 6.07) is 0.